The van der Waals surface area contributed by atoms with Gasteiger partial charge in [-0.05, 0) is 25.0 Å². The maximum Gasteiger partial charge on any atom is 0.322 e. The van der Waals surface area contributed by atoms with Crippen LogP contribution in [0.3, 0.4) is 0 Å². The van der Waals surface area contributed by atoms with Gasteiger partial charge in [-0.3, -0.25) is 5.10 Å². The van der Waals surface area contributed by atoms with Gasteiger partial charge in [0.1, 0.15) is 0 Å². The molecule has 1 saturated heterocycles. The second-order valence-electron chi connectivity index (χ2n) is 5.62. The summed E-state index contributed by atoms with van der Waals surface area (Å²) >= 11 is 0. The molecule has 1 fully saturated rings. The second kappa shape index (κ2) is 6.51. The van der Waals surface area contributed by atoms with Crippen molar-refractivity contribution in [2.45, 2.75) is 18.9 Å². The van der Waals surface area contributed by atoms with Crippen LogP contribution in [0.5, 0.6) is 0 Å². The average Bonchev–Trinajstić information content (AvgIpc) is 3.19. The van der Waals surface area contributed by atoms with E-state index in [1.165, 1.54) is 5.69 Å². The Labute approximate surface area is 130 Å². The van der Waals surface area contributed by atoms with Gasteiger partial charge in [-0.2, -0.15) is 5.10 Å². The van der Waals surface area contributed by atoms with Crippen LogP contribution in [0.4, 0.5) is 16.2 Å². The number of para-hydroxylation sites is 1. The van der Waals surface area contributed by atoms with E-state index in [1.54, 1.807) is 12.4 Å². The number of nitrogens with zero attached hydrogens (tertiary/aromatic N) is 3. The number of carbonyl (C=O) groups excluding carboxylic acids is 1. The van der Waals surface area contributed by atoms with Crippen molar-refractivity contribution in [2.75, 3.05) is 30.4 Å². The Morgan fingerprint density at radius 1 is 1.45 bits per heavy atom. The fourth-order valence-corrected chi connectivity index (χ4v) is 2.91. The van der Waals surface area contributed by atoms with Crippen molar-refractivity contribution in [3.05, 3.63) is 42.7 Å². The lowest BCUT2D eigenvalue weighted by atomic mass is 10.2. The topological polar surface area (TPSA) is 64.3 Å². The smallest absolute Gasteiger partial charge is 0.322 e. The molecule has 6 heteroatoms. The quantitative estimate of drug-likeness (QED) is 0.912. The van der Waals surface area contributed by atoms with Crippen molar-refractivity contribution in [3.63, 3.8) is 0 Å². The van der Waals surface area contributed by atoms with Crippen molar-refractivity contribution < 1.29 is 4.79 Å². The van der Waals surface area contributed by atoms with Crippen molar-refractivity contribution in [1.82, 2.24) is 15.1 Å². The van der Waals surface area contributed by atoms with E-state index in [9.17, 15) is 4.79 Å². The van der Waals surface area contributed by atoms with Crippen LogP contribution in [-0.4, -0.2) is 47.3 Å². The molecule has 0 aliphatic carbocycles. The van der Waals surface area contributed by atoms with Gasteiger partial charge in [0.25, 0.3) is 0 Å². The van der Waals surface area contributed by atoms with Gasteiger partial charge in [0.2, 0.25) is 0 Å². The monoisotopic (exact) mass is 299 g/mol. The summed E-state index contributed by atoms with van der Waals surface area (Å²) in [5.41, 5.74) is 1.87. The Hall–Kier alpha value is -2.50. The number of rotatable bonds is 4. The lowest BCUT2D eigenvalue weighted by molar-refractivity contribution is 0.207. The predicted octanol–water partition coefficient (Wildman–Crippen LogP) is 2.54. The minimum absolute atomic E-state index is 0.0506. The minimum Gasteiger partial charge on any atom is -0.373 e. The van der Waals surface area contributed by atoms with Crippen LogP contribution >= 0.6 is 0 Å². The molecular formula is C16H21N5O. The molecule has 3 rings (SSSR count). The summed E-state index contributed by atoms with van der Waals surface area (Å²) in [5.74, 6) is 0. The maximum absolute atomic E-state index is 12.4. The van der Waals surface area contributed by atoms with Gasteiger partial charge >= 0.3 is 6.03 Å². The van der Waals surface area contributed by atoms with Crippen LogP contribution in [0.1, 0.15) is 12.8 Å². The molecule has 1 atom stereocenters. The minimum atomic E-state index is -0.0506. The highest BCUT2D eigenvalue weighted by Crippen LogP contribution is 2.21. The summed E-state index contributed by atoms with van der Waals surface area (Å²) in [6, 6.07) is 10.4. The third kappa shape index (κ3) is 3.21. The highest BCUT2D eigenvalue weighted by molar-refractivity contribution is 5.89. The number of likely N-dealkylation sites (N-methyl/N-ethyl adjacent to an activating group) is 1. The molecule has 0 unspecified atom stereocenters. The van der Waals surface area contributed by atoms with E-state index >= 15 is 0 Å². The number of aromatic amines is 1. The molecule has 1 aliphatic heterocycles. The van der Waals surface area contributed by atoms with E-state index in [1.807, 2.05) is 23.1 Å². The van der Waals surface area contributed by atoms with Crippen molar-refractivity contribution in [2.24, 2.45) is 0 Å². The third-order valence-corrected chi connectivity index (χ3v) is 4.07. The van der Waals surface area contributed by atoms with Crippen LogP contribution < -0.4 is 10.2 Å². The highest BCUT2D eigenvalue weighted by Gasteiger charge is 2.29. The van der Waals surface area contributed by atoms with Crippen LogP contribution in [-0.2, 0) is 0 Å². The van der Waals surface area contributed by atoms with E-state index < -0.39 is 0 Å². The number of benzene rings is 1. The summed E-state index contributed by atoms with van der Waals surface area (Å²) in [6.45, 7) is 1.64. The largest absolute Gasteiger partial charge is 0.373 e. The zero-order valence-corrected chi connectivity index (χ0v) is 12.7. The van der Waals surface area contributed by atoms with Gasteiger partial charge in [0.15, 0.2) is 0 Å². The lowest BCUT2D eigenvalue weighted by Crippen LogP contribution is -2.44. The fraction of sp³-hybridized carbons (Fsp3) is 0.375. The van der Waals surface area contributed by atoms with Gasteiger partial charge in [-0.25, -0.2) is 4.79 Å². The Morgan fingerprint density at radius 3 is 3.00 bits per heavy atom. The van der Waals surface area contributed by atoms with E-state index in [4.69, 9.17) is 0 Å². The molecule has 0 bridgehead atoms. The molecule has 0 saturated carbocycles. The van der Waals surface area contributed by atoms with Crippen molar-refractivity contribution in [1.29, 1.82) is 0 Å². The summed E-state index contributed by atoms with van der Waals surface area (Å²) in [4.78, 5) is 16.5. The number of carbonyl (C=O) groups is 1. The lowest BCUT2D eigenvalue weighted by Gasteiger charge is -2.29. The molecule has 116 valence electrons. The fourth-order valence-electron chi connectivity index (χ4n) is 2.91. The summed E-state index contributed by atoms with van der Waals surface area (Å²) in [6.07, 6.45) is 5.38. The SMILES string of the molecule is CN(C[C@H]1CCCN1C(=O)Nc1cn[nH]c1)c1ccccc1. The molecule has 2 N–H and O–H groups in total. The highest BCUT2D eigenvalue weighted by atomic mass is 16.2. The Morgan fingerprint density at radius 2 is 2.27 bits per heavy atom. The molecule has 0 radical (unpaired) electrons. The molecule has 2 heterocycles. The van der Waals surface area contributed by atoms with Crippen molar-refractivity contribution in [3.8, 4) is 0 Å². The Balaban J connectivity index is 1.62. The molecule has 1 aromatic carbocycles. The first-order valence-corrected chi connectivity index (χ1v) is 7.56. The number of H-pyrrole nitrogens is 1. The number of nitrogens with one attached hydrogen (secondary N) is 2. The van der Waals surface area contributed by atoms with Gasteiger partial charge < -0.3 is 15.1 Å². The molecule has 2 amide bonds. The maximum atomic E-state index is 12.4. The summed E-state index contributed by atoms with van der Waals surface area (Å²) in [7, 11) is 2.07. The van der Waals surface area contributed by atoms with E-state index in [-0.39, 0.29) is 12.1 Å². The molecule has 1 aliphatic rings. The van der Waals surface area contributed by atoms with Crippen LogP contribution in [0.2, 0.25) is 0 Å². The summed E-state index contributed by atoms with van der Waals surface area (Å²) in [5, 5.41) is 9.42. The zero-order chi connectivity index (χ0) is 15.4. The average molecular weight is 299 g/mol. The van der Waals surface area contributed by atoms with Gasteiger partial charge in [0, 0.05) is 32.0 Å². The number of amides is 2. The normalized spacial score (nSPS) is 17.5. The first-order chi connectivity index (χ1) is 10.7. The number of aromatic nitrogens is 2. The Bertz CT molecular complexity index is 598. The zero-order valence-electron chi connectivity index (χ0n) is 12.7. The van der Waals surface area contributed by atoms with Crippen LogP contribution in [0.15, 0.2) is 42.7 Å². The van der Waals surface area contributed by atoms with Gasteiger partial charge in [-0.15, -0.1) is 0 Å². The van der Waals surface area contributed by atoms with Crippen molar-refractivity contribution >= 4 is 17.4 Å². The molecule has 22 heavy (non-hydrogen) atoms. The van der Waals surface area contributed by atoms with E-state index in [0.29, 0.717) is 5.69 Å². The first kappa shape index (κ1) is 14.4. The first-order valence-electron chi connectivity index (χ1n) is 7.56. The van der Waals surface area contributed by atoms with Gasteiger partial charge in [-0.1, -0.05) is 18.2 Å². The molecule has 2 aromatic rings. The predicted molar refractivity (Wildman–Crippen MR) is 87.0 cm³/mol. The van der Waals surface area contributed by atoms with Crippen LogP contribution in [0.25, 0.3) is 0 Å². The molecule has 6 nitrogen and oxygen atoms in total. The molecular weight excluding hydrogens is 278 g/mol. The standard InChI is InChI=1S/C16H21N5O/c1-20(14-6-3-2-4-7-14)12-15-8-5-9-21(15)16(22)19-13-10-17-18-11-13/h2-4,6-7,10-11,15H,5,8-9,12H2,1H3,(H,17,18)(H,19,22)/t15-/m1/s1. The third-order valence-electron chi connectivity index (χ3n) is 4.07. The number of urea groups is 1. The number of hydrogen-bond acceptors (Lipinski definition) is 3. The van der Waals surface area contributed by atoms with E-state index in [0.717, 1.165) is 25.9 Å². The summed E-state index contributed by atoms with van der Waals surface area (Å²) < 4.78 is 0. The number of hydrogen-bond donors (Lipinski definition) is 2. The van der Waals surface area contributed by atoms with Gasteiger partial charge in [0.05, 0.1) is 17.9 Å². The van der Waals surface area contributed by atoms with Crippen LogP contribution in [0, 0.1) is 0 Å². The number of anilines is 2. The number of likely N-dealkylation sites (tertiary alicyclic amines) is 1. The van der Waals surface area contributed by atoms with E-state index in [2.05, 4.69) is 39.6 Å². The molecule has 0 spiro atoms. The second-order valence-corrected chi connectivity index (χ2v) is 5.62. The molecule has 1 aromatic heterocycles. The Kier molecular flexibility index (Phi) is 4.27.